The van der Waals surface area contributed by atoms with Crippen LogP contribution < -0.4 is 10.6 Å². The second kappa shape index (κ2) is 10.3. The molecule has 2 atom stereocenters. The van der Waals surface area contributed by atoms with Gasteiger partial charge >= 0.3 is 0 Å². The second-order valence-corrected chi connectivity index (χ2v) is 6.82. The summed E-state index contributed by atoms with van der Waals surface area (Å²) in [5.74, 6) is 2.49. The second-order valence-electron chi connectivity index (χ2n) is 4.37. The number of aliphatic hydroxyl groups excluding tert-OH is 2. The van der Waals surface area contributed by atoms with E-state index in [1.807, 2.05) is 0 Å². The number of carbonyl (C=O) groups excluding carboxylic acids is 2. The summed E-state index contributed by atoms with van der Waals surface area (Å²) in [6.07, 6.45) is 1.16. The Labute approximate surface area is 127 Å². The fourth-order valence-electron chi connectivity index (χ4n) is 1.82. The van der Waals surface area contributed by atoms with Gasteiger partial charge in [0.2, 0.25) is 11.8 Å². The normalized spacial score (nSPS) is 22.5. The number of thioether (sulfide) groups is 2. The third-order valence-electron chi connectivity index (χ3n) is 2.84. The lowest BCUT2D eigenvalue weighted by atomic mass is 10.1. The van der Waals surface area contributed by atoms with Crippen molar-refractivity contribution in [2.24, 2.45) is 0 Å². The lowest BCUT2D eigenvalue weighted by Gasteiger charge is -2.29. The maximum atomic E-state index is 11.9. The summed E-state index contributed by atoms with van der Waals surface area (Å²) < 4.78 is 0. The topological polar surface area (TPSA) is 98.7 Å². The van der Waals surface area contributed by atoms with Gasteiger partial charge in [-0.1, -0.05) is 0 Å². The molecular formula is C12H22N2O4S2. The van der Waals surface area contributed by atoms with Crippen LogP contribution in [0.2, 0.25) is 0 Å². The lowest BCUT2D eigenvalue weighted by molar-refractivity contribution is -0.136. The lowest BCUT2D eigenvalue weighted by Crippen LogP contribution is -2.61. The minimum absolute atomic E-state index is 0.126. The first-order valence-corrected chi connectivity index (χ1v) is 8.98. The number of nitrogens with one attached hydrogen (secondary N) is 2. The van der Waals surface area contributed by atoms with E-state index >= 15 is 0 Å². The van der Waals surface area contributed by atoms with Crippen LogP contribution in [0.5, 0.6) is 0 Å². The highest BCUT2D eigenvalue weighted by atomic mass is 32.2. The number of hydrogen-bond acceptors (Lipinski definition) is 6. The molecule has 116 valence electrons. The van der Waals surface area contributed by atoms with Crippen molar-refractivity contribution >= 4 is 35.3 Å². The van der Waals surface area contributed by atoms with Gasteiger partial charge in [-0.15, -0.1) is 0 Å². The minimum atomic E-state index is -0.463. The van der Waals surface area contributed by atoms with E-state index in [-0.39, 0.29) is 25.0 Å². The van der Waals surface area contributed by atoms with Crippen molar-refractivity contribution in [2.75, 3.05) is 36.2 Å². The molecule has 0 aliphatic carbocycles. The number of amides is 2. The Hall–Kier alpha value is -0.440. The van der Waals surface area contributed by atoms with E-state index < -0.39 is 12.1 Å². The van der Waals surface area contributed by atoms with Crippen molar-refractivity contribution in [3.05, 3.63) is 0 Å². The van der Waals surface area contributed by atoms with Gasteiger partial charge in [-0.3, -0.25) is 9.59 Å². The molecule has 0 aromatic carbocycles. The summed E-state index contributed by atoms with van der Waals surface area (Å²) >= 11 is 3.12. The van der Waals surface area contributed by atoms with Crippen molar-refractivity contribution in [3.63, 3.8) is 0 Å². The molecule has 20 heavy (non-hydrogen) atoms. The molecule has 0 saturated carbocycles. The number of carbonyl (C=O) groups is 2. The van der Waals surface area contributed by atoms with Crippen LogP contribution in [0.25, 0.3) is 0 Å². The van der Waals surface area contributed by atoms with Crippen molar-refractivity contribution in [3.8, 4) is 0 Å². The van der Waals surface area contributed by atoms with Gasteiger partial charge in [-0.2, -0.15) is 23.5 Å². The van der Waals surface area contributed by atoms with E-state index in [0.717, 1.165) is 11.5 Å². The zero-order chi connectivity index (χ0) is 14.8. The molecule has 1 heterocycles. The van der Waals surface area contributed by atoms with Crippen molar-refractivity contribution in [1.29, 1.82) is 0 Å². The van der Waals surface area contributed by atoms with Gasteiger partial charge in [-0.05, 0) is 24.3 Å². The molecule has 2 amide bonds. The van der Waals surface area contributed by atoms with E-state index in [0.29, 0.717) is 24.3 Å². The van der Waals surface area contributed by atoms with Crippen LogP contribution in [0.4, 0.5) is 0 Å². The standard InChI is InChI=1S/C12H22N2O4S2/c15-3-7-19-5-1-9-11(17)14-10(12(18)13-9)2-6-20-8-4-16/h9-10,15-16H,1-8H2,(H,13,18)(H,14,17). The third-order valence-corrected chi connectivity index (χ3v) is 4.83. The van der Waals surface area contributed by atoms with Gasteiger partial charge in [0.25, 0.3) is 0 Å². The SMILES string of the molecule is O=C1NC(CCSCCO)C(=O)NC1CCSCCO. The predicted octanol–water partition coefficient (Wildman–Crippen LogP) is -0.799. The Morgan fingerprint density at radius 3 is 1.55 bits per heavy atom. The molecule has 1 aliphatic heterocycles. The van der Waals surface area contributed by atoms with Crippen LogP contribution in [0.3, 0.4) is 0 Å². The summed E-state index contributed by atoms with van der Waals surface area (Å²) in [4.78, 5) is 23.7. The van der Waals surface area contributed by atoms with Gasteiger partial charge in [0.1, 0.15) is 12.1 Å². The molecule has 6 nitrogen and oxygen atoms in total. The Morgan fingerprint density at radius 2 is 1.20 bits per heavy atom. The van der Waals surface area contributed by atoms with Gasteiger partial charge in [0.15, 0.2) is 0 Å². The molecule has 1 aliphatic rings. The zero-order valence-electron chi connectivity index (χ0n) is 11.3. The quantitative estimate of drug-likeness (QED) is 0.393. The van der Waals surface area contributed by atoms with Gasteiger partial charge < -0.3 is 20.8 Å². The van der Waals surface area contributed by atoms with Crippen molar-refractivity contribution in [1.82, 2.24) is 10.6 Å². The highest BCUT2D eigenvalue weighted by Gasteiger charge is 2.32. The summed E-state index contributed by atoms with van der Waals surface area (Å²) in [7, 11) is 0. The Kier molecular flexibility index (Phi) is 9.08. The summed E-state index contributed by atoms with van der Waals surface area (Å²) in [6.45, 7) is 0.253. The molecule has 1 rings (SSSR count). The predicted molar refractivity (Wildman–Crippen MR) is 81.9 cm³/mol. The highest BCUT2D eigenvalue weighted by molar-refractivity contribution is 7.99. The highest BCUT2D eigenvalue weighted by Crippen LogP contribution is 2.11. The molecule has 0 spiro atoms. The van der Waals surface area contributed by atoms with E-state index in [2.05, 4.69) is 10.6 Å². The third kappa shape index (κ3) is 6.34. The molecule has 0 bridgehead atoms. The Bertz CT molecular complexity index is 288. The largest absolute Gasteiger partial charge is 0.396 e. The molecule has 4 N–H and O–H groups in total. The average Bonchev–Trinajstić information content (AvgIpc) is 2.44. The maximum Gasteiger partial charge on any atom is 0.243 e. The molecule has 2 unspecified atom stereocenters. The molecule has 1 saturated heterocycles. The molecule has 0 aromatic heterocycles. The van der Waals surface area contributed by atoms with Crippen molar-refractivity contribution < 1.29 is 19.8 Å². The number of hydrogen-bond donors (Lipinski definition) is 4. The van der Waals surface area contributed by atoms with E-state index in [1.165, 1.54) is 0 Å². The number of aliphatic hydroxyl groups is 2. The first kappa shape index (κ1) is 17.6. The first-order valence-electron chi connectivity index (χ1n) is 6.67. The van der Waals surface area contributed by atoms with Gasteiger partial charge in [0.05, 0.1) is 13.2 Å². The monoisotopic (exact) mass is 322 g/mol. The zero-order valence-corrected chi connectivity index (χ0v) is 13.0. The molecular weight excluding hydrogens is 300 g/mol. The van der Waals surface area contributed by atoms with E-state index in [1.54, 1.807) is 23.5 Å². The average molecular weight is 322 g/mol. The Morgan fingerprint density at radius 1 is 0.800 bits per heavy atom. The molecule has 0 aromatic rings. The van der Waals surface area contributed by atoms with E-state index in [4.69, 9.17) is 10.2 Å². The molecule has 8 heteroatoms. The van der Waals surface area contributed by atoms with Crippen LogP contribution in [-0.4, -0.2) is 70.3 Å². The minimum Gasteiger partial charge on any atom is -0.396 e. The van der Waals surface area contributed by atoms with Crippen LogP contribution in [0.15, 0.2) is 0 Å². The fraction of sp³-hybridized carbons (Fsp3) is 0.833. The maximum absolute atomic E-state index is 11.9. The van der Waals surface area contributed by atoms with Gasteiger partial charge in [0, 0.05) is 11.5 Å². The summed E-state index contributed by atoms with van der Waals surface area (Å²) in [6, 6.07) is -0.926. The fourth-order valence-corrected chi connectivity index (χ4v) is 3.29. The first-order chi connectivity index (χ1) is 9.69. The summed E-state index contributed by atoms with van der Waals surface area (Å²) in [5, 5.41) is 22.8. The van der Waals surface area contributed by atoms with Crippen LogP contribution in [0.1, 0.15) is 12.8 Å². The molecule has 1 fully saturated rings. The number of rotatable bonds is 10. The molecule has 0 radical (unpaired) electrons. The van der Waals surface area contributed by atoms with Crippen molar-refractivity contribution in [2.45, 2.75) is 24.9 Å². The van der Waals surface area contributed by atoms with Crippen LogP contribution in [-0.2, 0) is 9.59 Å². The summed E-state index contributed by atoms with van der Waals surface area (Å²) in [5.41, 5.74) is 0. The van der Waals surface area contributed by atoms with Crippen LogP contribution >= 0.6 is 23.5 Å². The van der Waals surface area contributed by atoms with Gasteiger partial charge in [-0.25, -0.2) is 0 Å². The van der Waals surface area contributed by atoms with Crippen LogP contribution in [0, 0.1) is 0 Å². The number of piperazine rings is 1. The Balaban J connectivity index is 2.26. The van der Waals surface area contributed by atoms with E-state index in [9.17, 15) is 9.59 Å². The smallest absolute Gasteiger partial charge is 0.243 e.